The summed E-state index contributed by atoms with van der Waals surface area (Å²) in [6.07, 6.45) is 1.58. The molecule has 2 rings (SSSR count). The molecule has 1 aliphatic rings. The van der Waals surface area contributed by atoms with E-state index in [0.717, 1.165) is 38.2 Å². The minimum Gasteiger partial charge on any atom is -0.438 e. The summed E-state index contributed by atoms with van der Waals surface area (Å²) in [5.41, 5.74) is -0.802. The molecule has 2 N–H and O–H groups in total. The van der Waals surface area contributed by atoms with Gasteiger partial charge in [-0.15, -0.1) is 0 Å². The number of hydrogen-bond donors (Lipinski definition) is 2. The molecule has 0 aromatic carbocycles. The van der Waals surface area contributed by atoms with Crippen molar-refractivity contribution in [2.45, 2.75) is 44.3 Å². The maximum absolute atomic E-state index is 12.9. The van der Waals surface area contributed by atoms with Crippen molar-refractivity contribution in [2.75, 3.05) is 6.54 Å². The summed E-state index contributed by atoms with van der Waals surface area (Å²) >= 11 is 0. The van der Waals surface area contributed by atoms with E-state index in [2.05, 4.69) is 26.6 Å². The Balaban J connectivity index is 2.12. The van der Waals surface area contributed by atoms with Crippen molar-refractivity contribution < 1.29 is 27.2 Å². The maximum atomic E-state index is 12.9. The lowest BCUT2D eigenvalue weighted by Crippen LogP contribution is -2.48. The lowest BCUT2D eigenvalue weighted by atomic mass is 9.83. The lowest BCUT2D eigenvalue weighted by molar-refractivity contribution is -0.153. The Hall–Kier alpha value is -2.32. The summed E-state index contributed by atoms with van der Waals surface area (Å²) in [4.78, 5) is 27.0. The minimum atomic E-state index is -4.80. The molecule has 2 amide bonds. The number of halogens is 3. The molecule has 0 radical (unpaired) electrons. The highest BCUT2D eigenvalue weighted by molar-refractivity contribution is 5.93. The van der Waals surface area contributed by atoms with E-state index in [1.165, 1.54) is 0 Å². The number of oxazole rings is 1. The van der Waals surface area contributed by atoms with Crippen molar-refractivity contribution in [1.82, 2.24) is 15.6 Å². The molecular weight excluding hydrogens is 339 g/mol. The molecule has 9 heteroatoms. The standard InChI is InChI=1S/C16H20F3N3O3/c1-2-12(23)20-8-11(10-6-4-3-5-7-10)22-15(24)13-14(16(17,18)19)25-9-21-13/h2,9-11H,1,3-8H2,(H,20,23)(H,22,24). The van der Waals surface area contributed by atoms with Crippen LogP contribution in [-0.4, -0.2) is 29.4 Å². The minimum absolute atomic E-state index is 0.0732. The first-order valence-electron chi connectivity index (χ1n) is 8.04. The van der Waals surface area contributed by atoms with Crippen LogP contribution in [0.15, 0.2) is 23.5 Å². The van der Waals surface area contributed by atoms with Crippen molar-refractivity contribution in [1.29, 1.82) is 0 Å². The average molecular weight is 359 g/mol. The van der Waals surface area contributed by atoms with Gasteiger partial charge >= 0.3 is 6.18 Å². The number of nitrogens with zero attached hydrogens (tertiary/aromatic N) is 1. The highest BCUT2D eigenvalue weighted by Gasteiger charge is 2.41. The Morgan fingerprint density at radius 3 is 2.64 bits per heavy atom. The molecule has 6 nitrogen and oxygen atoms in total. The quantitative estimate of drug-likeness (QED) is 0.765. The number of carbonyl (C=O) groups excluding carboxylic acids is 2. The van der Waals surface area contributed by atoms with Crippen LogP contribution in [0, 0.1) is 5.92 Å². The second kappa shape index (κ2) is 8.17. The maximum Gasteiger partial charge on any atom is 0.452 e. The van der Waals surface area contributed by atoms with Gasteiger partial charge in [0.15, 0.2) is 12.1 Å². The number of rotatable bonds is 6. The summed E-state index contributed by atoms with van der Waals surface area (Å²) in [6.45, 7) is 3.46. The van der Waals surface area contributed by atoms with Crippen molar-refractivity contribution >= 4 is 11.8 Å². The first-order chi connectivity index (χ1) is 11.8. The van der Waals surface area contributed by atoms with Crippen LogP contribution in [0.2, 0.25) is 0 Å². The molecule has 1 unspecified atom stereocenters. The van der Waals surface area contributed by atoms with Gasteiger partial charge in [-0.1, -0.05) is 25.8 Å². The molecule has 25 heavy (non-hydrogen) atoms. The van der Waals surface area contributed by atoms with E-state index in [1.807, 2.05) is 0 Å². The van der Waals surface area contributed by atoms with Crippen LogP contribution >= 0.6 is 0 Å². The third-order valence-electron chi connectivity index (χ3n) is 4.26. The molecule has 1 atom stereocenters. The molecular formula is C16H20F3N3O3. The third-order valence-corrected chi connectivity index (χ3v) is 4.26. The van der Waals surface area contributed by atoms with Gasteiger partial charge in [0.1, 0.15) is 0 Å². The summed E-state index contributed by atoms with van der Waals surface area (Å²) in [6, 6.07) is -0.491. The lowest BCUT2D eigenvalue weighted by Gasteiger charge is -2.31. The Kier molecular flexibility index (Phi) is 6.22. The summed E-state index contributed by atoms with van der Waals surface area (Å²) in [5.74, 6) is -2.73. The number of carbonyl (C=O) groups is 2. The van der Waals surface area contributed by atoms with Crippen molar-refractivity contribution in [3.05, 3.63) is 30.5 Å². The summed E-state index contributed by atoms with van der Waals surface area (Å²) < 4.78 is 42.9. The topological polar surface area (TPSA) is 84.2 Å². The van der Waals surface area contributed by atoms with Crippen molar-refractivity contribution in [2.24, 2.45) is 5.92 Å². The fourth-order valence-corrected chi connectivity index (χ4v) is 3.00. The first-order valence-corrected chi connectivity index (χ1v) is 8.04. The van der Waals surface area contributed by atoms with E-state index < -0.39 is 35.5 Å². The van der Waals surface area contributed by atoms with Crippen LogP contribution in [0.3, 0.4) is 0 Å². The van der Waals surface area contributed by atoms with Gasteiger partial charge in [0.2, 0.25) is 11.7 Å². The van der Waals surface area contributed by atoms with Gasteiger partial charge in [-0.2, -0.15) is 13.2 Å². The SMILES string of the molecule is C=CC(=O)NCC(NC(=O)c1ncoc1C(F)(F)F)C1CCCCC1. The molecule has 0 saturated heterocycles. The smallest absolute Gasteiger partial charge is 0.438 e. The zero-order valence-corrected chi connectivity index (χ0v) is 13.6. The molecule has 1 saturated carbocycles. The number of hydrogen-bond acceptors (Lipinski definition) is 4. The van der Waals surface area contributed by atoms with E-state index >= 15 is 0 Å². The molecule has 0 spiro atoms. The fourth-order valence-electron chi connectivity index (χ4n) is 3.00. The Labute approximate surface area is 142 Å². The average Bonchev–Trinajstić information content (AvgIpc) is 3.09. The largest absolute Gasteiger partial charge is 0.452 e. The van der Waals surface area contributed by atoms with Crippen LogP contribution < -0.4 is 10.6 Å². The van der Waals surface area contributed by atoms with Gasteiger partial charge in [-0.05, 0) is 24.8 Å². The molecule has 1 aromatic heterocycles. The van der Waals surface area contributed by atoms with Crippen molar-refractivity contribution in [3.63, 3.8) is 0 Å². The Morgan fingerprint density at radius 2 is 2.04 bits per heavy atom. The fraction of sp³-hybridized carbons (Fsp3) is 0.562. The van der Waals surface area contributed by atoms with Gasteiger partial charge in [-0.3, -0.25) is 9.59 Å². The number of nitrogens with one attached hydrogen (secondary N) is 2. The number of aromatic nitrogens is 1. The van der Waals surface area contributed by atoms with Crippen molar-refractivity contribution in [3.8, 4) is 0 Å². The molecule has 1 aromatic rings. The predicted molar refractivity (Wildman–Crippen MR) is 82.5 cm³/mol. The summed E-state index contributed by atoms with van der Waals surface area (Å²) in [5, 5.41) is 5.16. The third kappa shape index (κ3) is 5.07. The monoisotopic (exact) mass is 359 g/mol. The summed E-state index contributed by atoms with van der Waals surface area (Å²) in [7, 11) is 0. The molecule has 1 heterocycles. The zero-order chi connectivity index (χ0) is 18.4. The Bertz CT molecular complexity index is 622. The highest BCUT2D eigenvalue weighted by atomic mass is 19.4. The van der Waals surface area contributed by atoms with E-state index in [4.69, 9.17) is 0 Å². The molecule has 1 fully saturated rings. The zero-order valence-electron chi connectivity index (χ0n) is 13.6. The van der Waals surface area contributed by atoms with E-state index in [0.29, 0.717) is 6.39 Å². The highest BCUT2D eigenvalue weighted by Crippen LogP contribution is 2.32. The van der Waals surface area contributed by atoms with E-state index in [9.17, 15) is 22.8 Å². The van der Waals surface area contributed by atoms with Crippen LogP contribution in [0.25, 0.3) is 0 Å². The van der Waals surface area contributed by atoms with Crippen LogP contribution in [0.4, 0.5) is 13.2 Å². The molecule has 0 aliphatic heterocycles. The van der Waals surface area contributed by atoms with Gasteiger partial charge in [0.25, 0.3) is 5.91 Å². The van der Waals surface area contributed by atoms with E-state index in [1.54, 1.807) is 0 Å². The van der Waals surface area contributed by atoms with E-state index in [-0.39, 0.29) is 12.5 Å². The second-order valence-electron chi connectivity index (χ2n) is 5.96. The first kappa shape index (κ1) is 19.0. The van der Waals surface area contributed by atoms with Crippen LogP contribution in [0.5, 0.6) is 0 Å². The second-order valence-corrected chi connectivity index (χ2v) is 5.96. The normalized spacial score (nSPS) is 16.9. The molecule has 1 aliphatic carbocycles. The van der Waals surface area contributed by atoms with Crippen LogP contribution in [-0.2, 0) is 11.0 Å². The van der Waals surface area contributed by atoms with Crippen LogP contribution in [0.1, 0.15) is 48.4 Å². The van der Waals surface area contributed by atoms with Gasteiger partial charge < -0.3 is 15.1 Å². The van der Waals surface area contributed by atoms with Gasteiger partial charge in [0.05, 0.1) is 0 Å². The molecule has 138 valence electrons. The number of alkyl halides is 3. The van der Waals surface area contributed by atoms with Gasteiger partial charge in [0, 0.05) is 12.6 Å². The predicted octanol–water partition coefficient (Wildman–Crippen LogP) is 2.67. The number of amides is 2. The Morgan fingerprint density at radius 1 is 1.36 bits per heavy atom. The van der Waals surface area contributed by atoms with Gasteiger partial charge in [-0.25, -0.2) is 4.98 Å². The molecule has 0 bridgehead atoms.